The van der Waals surface area contributed by atoms with Crippen LogP contribution in [0.5, 0.6) is 0 Å². The minimum atomic E-state index is -0.135. The zero-order chi connectivity index (χ0) is 20.4. The van der Waals surface area contributed by atoms with Gasteiger partial charge in [-0.25, -0.2) is 4.98 Å². The molecule has 0 bridgehead atoms. The molecule has 1 amide bonds. The minimum Gasteiger partial charge on any atom is -0.326 e. The topological polar surface area (TPSA) is 94.2 Å². The highest BCUT2D eigenvalue weighted by Crippen LogP contribution is 2.24. The fraction of sp³-hybridized carbons (Fsp3) is 0.150. The van der Waals surface area contributed by atoms with E-state index in [4.69, 9.17) is 0 Å². The third kappa shape index (κ3) is 4.04. The second-order valence-electron chi connectivity index (χ2n) is 6.45. The number of pyridine rings is 1. The van der Waals surface area contributed by atoms with Gasteiger partial charge in [0.2, 0.25) is 5.91 Å². The first-order valence-corrected chi connectivity index (χ1v) is 9.89. The van der Waals surface area contributed by atoms with Gasteiger partial charge in [-0.2, -0.15) is 0 Å². The summed E-state index contributed by atoms with van der Waals surface area (Å²) in [5, 5.41) is 11.6. The third-order valence-corrected chi connectivity index (χ3v) is 5.22. The first-order valence-electron chi connectivity index (χ1n) is 8.90. The molecule has 9 heteroatoms. The van der Waals surface area contributed by atoms with E-state index in [0.29, 0.717) is 27.9 Å². The summed E-state index contributed by atoms with van der Waals surface area (Å²) in [6.07, 6.45) is 1.61. The van der Waals surface area contributed by atoms with Crippen LogP contribution in [0.1, 0.15) is 18.3 Å². The molecule has 29 heavy (non-hydrogen) atoms. The van der Waals surface area contributed by atoms with Crippen LogP contribution >= 0.6 is 11.8 Å². The van der Waals surface area contributed by atoms with Gasteiger partial charge in [0, 0.05) is 30.1 Å². The molecule has 8 nitrogen and oxygen atoms in total. The van der Waals surface area contributed by atoms with Crippen LogP contribution in [0.15, 0.2) is 64.8 Å². The number of benzene rings is 1. The largest absolute Gasteiger partial charge is 0.326 e. The minimum absolute atomic E-state index is 0.104. The molecule has 0 atom stereocenters. The number of carbonyl (C=O) groups is 1. The highest BCUT2D eigenvalue weighted by Gasteiger charge is 2.10. The molecule has 3 aromatic heterocycles. The first kappa shape index (κ1) is 18.9. The summed E-state index contributed by atoms with van der Waals surface area (Å²) >= 11 is 1.43. The third-order valence-electron chi connectivity index (χ3n) is 4.24. The molecule has 0 aliphatic rings. The lowest BCUT2D eigenvalue weighted by atomic mass is 10.2. The fourth-order valence-corrected chi connectivity index (χ4v) is 3.83. The van der Waals surface area contributed by atoms with Crippen molar-refractivity contribution >= 4 is 29.0 Å². The number of aryl methyl sites for hydroxylation is 1. The zero-order valence-electron chi connectivity index (χ0n) is 15.9. The predicted octanol–water partition coefficient (Wildman–Crippen LogP) is 2.83. The summed E-state index contributed by atoms with van der Waals surface area (Å²) in [4.78, 5) is 28.3. The number of thioether (sulfide) groups is 1. The lowest BCUT2D eigenvalue weighted by Gasteiger charge is -2.09. The van der Waals surface area contributed by atoms with Crippen molar-refractivity contribution in [2.75, 3.05) is 5.32 Å². The summed E-state index contributed by atoms with van der Waals surface area (Å²) in [5.41, 5.74) is 3.56. The van der Waals surface area contributed by atoms with E-state index in [0.717, 1.165) is 11.4 Å². The Kier molecular flexibility index (Phi) is 5.13. The number of amides is 1. The van der Waals surface area contributed by atoms with Gasteiger partial charge >= 0.3 is 0 Å². The molecule has 0 spiro atoms. The number of nitrogens with zero attached hydrogens (tertiary/aromatic N) is 5. The second kappa shape index (κ2) is 7.88. The van der Waals surface area contributed by atoms with Crippen LogP contribution in [-0.2, 0) is 10.5 Å². The smallest absolute Gasteiger partial charge is 0.258 e. The Morgan fingerprint density at radius 2 is 2.00 bits per heavy atom. The van der Waals surface area contributed by atoms with Gasteiger partial charge in [-0.1, -0.05) is 23.9 Å². The Hall–Kier alpha value is -3.46. The van der Waals surface area contributed by atoms with Gasteiger partial charge in [-0.3, -0.25) is 18.6 Å². The lowest BCUT2D eigenvalue weighted by Crippen LogP contribution is -2.17. The number of hydrogen-bond acceptors (Lipinski definition) is 6. The molecule has 1 N–H and O–H groups in total. The molecule has 146 valence electrons. The number of anilines is 1. The van der Waals surface area contributed by atoms with Crippen LogP contribution in [-0.4, -0.2) is 30.1 Å². The quantitative estimate of drug-likeness (QED) is 0.512. The Bertz CT molecular complexity index is 1260. The Balaban J connectivity index is 1.58. The maximum atomic E-state index is 12.4. The molecule has 4 aromatic rings. The van der Waals surface area contributed by atoms with Crippen molar-refractivity contribution < 1.29 is 4.79 Å². The van der Waals surface area contributed by atoms with Crippen LogP contribution in [0.3, 0.4) is 0 Å². The molecule has 0 saturated heterocycles. The average Bonchev–Trinajstić information content (AvgIpc) is 3.14. The van der Waals surface area contributed by atoms with E-state index in [9.17, 15) is 9.59 Å². The van der Waals surface area contributed by atoms with Crippen molar-refractivity contribution in [1.82, 2.24) is 24.1 Å². The second-order valence-corrected chi connectivity index (χ2v) is 7.39. The molecule has 3 heterocycles. The molecular formula is C20H18N6O2S. The first-order chi connectivity index (χ1) is 14.0. The summed E-state index contributed by atoms with van der Waals surface area (Å²) in [5.74, 6) is 0.341. The van der Waals surface area contributed by atoms with E-state index in [-0.39, 0.29) is 11.5 Å². The monoisotopic (exact) mass is 406 g/mol. The molecule has 0 aliphatic heterocycles. The molecule has 0 aliphatic carbocycles. The van der Waals surface area contributed by atoms with Gasteiger partial charge in [0.25, 0.3) is 5.56 Å². The Morgan fingerprint density at radius 1 is 1.17 bits per heavy atom. The standard InChI is InChI=1S/C20H18N6O2S/c1-13-5-3-8-18-23-16(10-19(28)26(13)18)11-29-20-24-21-12-25(20)17-7-4-6-15(9-17)22-14(2)27/h3-10,12H,11H2,1-2H3,(H,22,27). The fourth-order valence-electron chi connectivity index (χ4n) is 3.01. The number of carbonyl (C=O) groups excluding carboxylic acids is 1. The molecule has 0 saturated carbocycles. The van der Waals surface area contributed by atoms with Gasteiger partial charge in [0.15, 0.2) is 5.16 Å². The lowest BCUT2D eigenvalue weighted by molar-refractivity contribution is -0.114. The van der Waals surface area contributed by atoms with Crippen molar-refractivity contribution in [3.8, 4) is 5.69 Å². The highest BCUT2D eigenvalue weighted by molar-refractivity contribution is 7.98. The van der Waals surface area contributed by atoms with Gasteiger partial charge in [0.05, 0.1) is 11.4 Å². The molecular weight excluding hydrogens is 388 g/mol. The number of aromatic nitrogens is 5. The number of hydrogen-bond donors (Lipinski definition) is 1. The van der Waals surface area contributed by atoms with Crippen LogP contribution in [0, 0.1) is 6.92 Å². The Labute approximate surface area is 170 Å². The number of rotatable bonds is 5. The Morgan fingerprint density at radius 3 is 2.83 bits per heavy atom. The summed E-state index contributed by atoms with van der Waals surface area (Å²) in [7, 11) is 0. The van der Waals surface area contributed by atoms with Crippen molar-refractivity contribution in [3.05, 3.63) is 76.6 Å². The van der Waals surface area contributed by atoms with Gasteiger partial charge in [0.1, 0.15) is 12.0 Å². The number of fused-ring (bicyclic) bond motifs is 1. The van der Waals surface area contributed by atoms with E-state index >= 15 is 0 Å². The molecule has 0 unspecified atom stereocenters. The van der Waals surface area contributed by atoms with E-state index in [2.05, 4.69) is 20.5 Å². The van der Waals surface area contributed by atoms with Crippen LogP contribution in [0.4, 0.5) is 5.69 Å². The van der Waals surface area contributed by atoms with E-state index in [1.54, 1.807) is 16.8 Å². The van der Waals surface area contributed by atoms with Crippen LogP contribution in [0.25, 0.3) is 11.3 Å². The average molecular weight is 406 g/mol. The van der Waals surface area contributed by atoms with E-state index < -0.39 is 0 Å². The molecule has 0 fully saturated rings. The van der Waals surface area contributed by atoms with E-state index in [1.165, 1.54) is 18.7 Å². The van der Waals surface area contributed by atoms with E-state index in [1.807, 2.05) is 54.0 Å². The summed E-state index contributed by atoms with van der Waals surface area (Å²) in [6, 6.07) is 14.5. The number of nitrogens with one attached hydrogen (secondary N) is 1. The SMILES string of the molecule is CC(=O)Nc1cccc(-n2cnnc2SCc2cc(=O)n3c(C)cccc3n2)c1. The van der Waals surface area contributed by atoms with Gasteiger partial charge < -0.3 is 5.32 Å². The highest BCUT2D eigenvalue weighted by atomic mass is 32.2. The molecule has 0 radical (unpaired) electrons. The van der Waals surface area contributed by atoms with Gasteiger partial charge in [-0.15, -0.1) is 10.2 Å². The normalized spacial score (nSPS) is 11.0. The zero-order valence-corrected chi connectivity index (χ0v) is 16.7. The predicted molar refractivity (Wildman–Crippen MR) is 111 cm³/mol. The van der Waals surface area contributed by atoms with Crippen LogP contribution in [0.2, 0.25) is 0 Å². The molecule has 4 rings (SSSR count). The maximum absolute atomic E-state index is 12.4. The molecule has 1 aromatic carbocycles. The summed E-state index contributed by atoms with van der Waals surface area (Å²) in [6.45, 7) is 3.34. The van der Waals surface area contributed by atoms with Crippen molar-refractivity contribution in [2.24, 2.45) is 0 Å². The van der Waals surface area contributed by atoms with Gasteiger partial charge in [-0.05, 0) is 37.3 Å². The maximum Gasteiger partial charge on any atom is 0.258 e. The van der Waals surface area contributed by atoms with Crippen LogP contribution < -0.4 is 10.9 Å². The summed E-state index contributed by atoms with van der Waals surface area (Å²) < 4.78 is 3.41. The van der Waals surface area contributed by atoms with Crippen molar-refractivity contribution in [2.45, 2.75) is 24.8 Å². The van der Waals surface area contributed by atoms with Crippen molar-refractivity contribution in [1.29, 1.82) is 0 Å². The van der Waals surface area contributed by atoms with Crippen molar-refractivity contribution in [3.63, 3.8) is 0 Å².